The summed E-state index contributed by atoms with van der Waals surface area (Å²) in [5.41, 5.74) is -0.0655. The molecule has 3 atom stereocenters. The van der Waals surface area contributed by atoms with E-state index in [2.05, 4.69) is 18.7 Å². The number of nitrogens with zero attached hydrogens (tertiary/aromatic N) is 1. The quantitative estimate of drug-likeness (QED) is 0.800. The van der Waals surface area contributed by atoms with Gasteiger partial charge in [0.05, 0.1) is 11.5 Å². The summed E-state index contributed by atoms with van der Waals surface area (Å²) in [5, 5.41) is 9.15. The molecule has 2 fully saturated rings. The van der Waals surface area contributed by atoms with Gasteiger partial charge in [-0.2, -0.15) is 0 Å². The molecule has 0 amide bonds. The average molecular weight is 241 g/mol. The molecule has 2 rings (SSSR count). The molecule has 0 aliphatic carbocycles. The van der Waals surface area contributed by atoms with Gasteiger partial charge in [0.25, 0.3) is 0 Å². The summed E-state index contributed by atoms with van der Waals surface area (Å²) in [7, 11) is 0. The minimum absolute atomic E-state index is 0.0655. The number of hydrogen-bond donors (Lipinski definition) is 1. The number of rotatable bonds is 2. The Morgan fingerprint density at radius 2 is 2.12 bits per heavy atom. The molecule has 4 heteroatoms. The molecule has 2 aliphatic heterocycles. The van der Waals surface area contributed by atoms with E-state index in [1.54, 1.807) is 0 Å². The lowest BCUT2D eigenvalue weighted by Gasteiger charge is -2.41. The van der Waals surface area contributed by atoms with Gasteiger partial charge in [-0.05, 0) is 46.6 Å². The highest BCUT2D eigenvalue weighted by Crippen LogP contribution is 2.33. The molecule has 0 aromatic heterocycles. The molecule has 0 aromatic carbocycles. The van der Waals surface area contributed by atoms with Crippen LogP contribution in [0.4, 0.5) is 0 Å². The predicted octanol–water partition coefficient (Wildman–Crippen LogP) is 1.74. The van der Waals surface area contributed by atoms with E-state index < -0.39 is 5.97 Å². The summed E-state index contributed by atoms with van der Waals surface area (Å²) in [4.78, 5) is 13.5. The number of ether oxygens (including phenoxy) is 1. The van der Waals surface area contributed by atoms with Crippen LogP contribution in [0.15, 0.2) is 0 Å². The van der Waals surface area contributed by atoms with Crippen LogP contribution < -0.4 is 0 Å². The van der Waals surface area contributed by atoms with E-state index in [4.69, 9.17) is 9.84 Å². The van der Waals surface area contributed by atoms with Crippen molar-refractivity contribution in [3.8, 4) is 0 Å². The highest BCUT2D eigenvalue weighted by molar-refractivity contribution is 5.71. The molecular formula is C13H23NO3. The summed E-state index contributed by atoms with van der Waals surface area (Å²) in [5.74, 6) is -0.840. The molecule has 2 saturated heterocycles. The van der Waals surface area contributed by atoms with Gasteiger partial charge in [0.2, 0.25) is 0 Å². The molecule has 1 N–H and O–H groups in total. The van der Waals surface area contributed by atoms with Crippen LogP contribution in [-0.4, -0.2) is 46.8 Å². The first-order valence-corrected chi connectivity index (χ1v) is 6.53. The van der Waals surface area contributed by atoms with Gasteiger partial charge in [0, 0.05) is 18.7 Å². The maximum Gasteiger partial charge on any atom is 0.308 e. The zero-order valence-electron chi connectivity index (χ0n) is 11.0. The first kappa shape index (κ1) is 12.8. The van der Waals surface area contributed by atoms with Crippen LogP contribution >= 0.6 is 0 Å². The molecule has 0 saturated carbocycles. The van der Waals surface area contributed by atoms with Crippen LogP contribution in [0.3, 0.4) is 0 Å². The Morgan fingerprint density at radius 1 is 1.41 bits per heavy atom. The molecule has 0 aromatic rings. The number of carboxylic acid groups (broad SMARTS) is 1. The Kier molecular flexibility index (Phi) is 3.46. The van der Waals surface area contributed by atoms with Gasteiger partial charge < -0.3 is 9.84 Å². The molecule has 17 heavy (non-hydrogen) atoms. The predicted molar refractivity (Wildman–Crippen MR) is 65.0 cm³/mol. The monoisotopic (exact) mass is 241 g/mol. The van der Waals surface area contributed by atoms with Crippen LogP contribution in [-0.2, 0) is 9.53 Å². The lowest BCUT2D eigenvalue weighted by molar-refractivity contribution is -0.142. The molecular weight excluding hydrogens is 218 g/mol. The van der Waals surface area contributed by atoms with Crippen molar-refractivity contribution >= 4 is 5.97 Å². The van der Waals surface area contributed by atoms with E-state index in [0.29, 0.717) is 6.04 Å². The Bertz CT molecular complexity index is 303. The van der Waals surface area contributed by atoms with Gasteiger partial charge in [-0.25, -0.2) is 0 Å². The fraction of sp³-hybridized carbons (Fsp3) is 0.923. The smallest absolute Gasteiger partial charge is 0.308 e. The summed E-state index contributed by atoms with van der Waals surface area (Å²) in [6.45, 7) is 7.99. The van der Waals surface area contributed by atoms with Crippen molar-refractivity contribution < 1.29 is 14.6 Å². The first-order valence-electron chi connectivity index (χ1n) is 6.53. The maximum atomic E-state index is 11.1. The minimum Gasteiger partial charge on any atom is -0.481 e. The van der Waals surface area contributed by atoms with Crippen LogP contribution in [0.5, 0.6) is 0 Å². The second-order valence-corrected chi connectivity index (χ2v) is 5.97. The van der Waals surface area contributed by atoms with Crippen LogP contribution in [0.25, 0.3) is 0 Å². The third-order valence-electron chi connectivity index (χ3n) is 4.26. The topological polar surface area (TPSA) is 49.8 Å². The number of carboxylic acids is 1. The van der Waals surface area contributed by atoms with Gasteiger partial charge in [-0.15, -0.1) is 0 Å². The van der Waals surface area contributed by atoms with E-state index >= 15 is 0 Å². The van der Waals surface area contributed by atoms with E-state index in [0.717, 1.165) is 32.4 Å². The summed E-state index contributed by atoms with van der Waals surface area (Å²) >= 11 is 0. The standard InChI is InChI=1S/C13H23NO3/c1-9-11(12(15)16)4-6-14(9)10-5-7-17-13(2,3)8-10/h9-11H,4-8H2,1-3H3,(H,15,16). The first-order chi connectivity index (χ1) is 7.91. The minimum atomic E-state index is -0.647. The van der Waals surface area contributed by atoms with Crippen LogP contribution in [0, 0.1) is 5.92 Å². The van der Waals surface area contributed by atoms with E-state index in [-0.39, 0.29) is 17.6 Å². The average Bonchev–Trinajstić information content (AvgIpc) is 2.58. The van der Waals surface area contributed by atoms with Gasteiger partial charge in [-0.3, -0.25) is 9.69 Å². The molecule has 0 radical (unpaired) electrons. The highest BCUT2D eigenvalue weighted by Gasteiger charge is 2.41. The van der Waals surface area contributed by atoms with Gasteiger partial charge in [-0.1, -0.05) is 0 Å². The zero-order valence-corrected chi connectivity index (χ0v) is 11.0. The molecule has 0 bridgehead atoms. The van der Waals surface area contributed by atoms with Gasteiger partial charge in [0.1, 0.15) is 0 Å². The SMILES string of the molecule is CC1C(C(=O)O)CCN1C1CCOC(C)(C)C1. The fourth-order valence-electron chi connectivity index (χ4n) is 3.29. The summed E-state index contributed by atoms with van der Waals surface area (Å²) in [6.07, 6.45) is 2.82. The molecule has 98 valence electrons. The van der Waals surface area contributed by atoms with Crippen molar-refractivity contribution in [3.63, 3.8) is 0 Å². The second-order valence-electron chi connectivity index (χ2n) is 5.97. The Morgan fingerprint density at radius 3 is 2.65 bits per heavy atom. The number of hydrogen-bond acceptors (Lipinski definition) is 3. The Hall–Kier alpha value is -0.610. The molecule has 2 heterocycles. The summed E-state index contributed by atoms with van der Waals surface area (Å²) in [6, 6.07) is 0.643. The van der Waals surface area contributed by atoms with Crippen molar-refractivity contribution in [2.45, 2.75) is 57.7 Å². The fourth-order valence-corrected chi connectivity index (χ4v) is 3.29. The van der Waals surface area contributed by atoms with Crippen molar-refractivity contribution in [1.29, 1.82) is 0 Å². The van der Waals surface area contributed by atoms with Crippen molar-refractivity contribution in [3.05, 3.63) is 0 Å². The second kappa shape index (κ2) is 4.58. The molecule has 4 nitrogen and oxygen atoms in total. The van der Waals surface area contributed by atoms with E-state index in [1.807, 2.05) is 6.92 Å². The third-order valence-corrected chi connectivity index (χ3v) is 4.26. The molecule has 3 unspecified atom stereocenters. The lowest BCUT2D eigenvalue weighted by Crippen LogP contribution is -2.48. The van der Waals surface area contributed by atoms with Gasteiger partial charge in [0.15, 0.2) is 0 Å². The molecule has 0 spiro atoms. The number of likely N-dealkylation sites (tertiary alicyclic amines) is 1. The van der Waals surface area contributed by atoms with E-state index in [9.17, 15) is 4.79 Å². The summed E-state index contributed by atoms with van der Waals surface area (Å²) < 4.78 is 5.72. The van der Waals surface area contributed by atoms with Crippen LogP contribution in [0.1, 0.15) is 40.0 Å². The van der Waals surface area contributed by atoms with Crippen molar-refractivity contribution in [2.24, 2.45) is 5.92 Å². The highest BCUT2D eigenvalue weighted by atomic mass is 16.5. The Labute approximate surface area is 103 Å². The molecule has 2 aliphatic rings. The third kappa shape index (κ3) is 2.63. The lowest BCUT2D eigenvalue weighted by atomic mass is 9.92. The van der Waals surface area contributed by atoms with Crippen molar-refractivity contribution in [2.75, 3.05) is 13.2 Å². The largest absolute Gasteiger partial charge is 0.481 e. The normalized spacial score (nSPS) is 38.2. The number of carbonyl (C=O) groups is 1. The Balaban J connectivity index is 2.01. The van der Waals surface area contributed by atoms with Crippen molar-refractivity contribution in [1.82, 2.24) is 4.90 Å². The zero-order chi connectivity index (χ0) is 12.6. The van der Waals surface area contributed by atoms with Crippen LogP contribution in [0.2, 0.25) is 0 Å². The maximum absolute atomic E-state index is 11.1. The van der Waals surface area contributed by atoms with E-state index in [1.165, 1.54) is 0 Å². The van der Waals surface area contributed by atoms with Gasteiger partial charge >= 0.3 is 5.97 Å². The number of aliphatic carboxylic acids is 1.